The topological polar surface area (TPSA) is 61.9 Å². The lowest BCUT2D eigenvalue weighted by Gasteiger charge is -2.02. The molecular weight excluding hydrogens is 190 g/mol. The average Bonchev–Trinajstić information content (AvgIpc) is 2.80. The van der Waals surface area contributed by atoms with Crippen molar-refractivity contribution in [1.29, 1.82) is 5.26 Å². The van der Waals surface area contributed by atoms with Crippen molar-refractivity contribution in [3.63, 3.8) is 0 Å². The van der Waals surface area contributed by atoms with Crippen LogP contribution in [-0.2, 0) is 6.54 Å². The Kier molecular flexibility index (Phi) is 2.65. The molecule has 0 aliphatic carbocycles. The third-order valence-corrected chi connectivity index (χ3v) is 1.98. The summed E-state index contributed by atoms with van der Waals surface area (Å²) >= 11 is 0. The molecule has 0 spiro atoms. The van der Waals surface area contributed by atoms with Gasteiger partial charge in [0.05, 0.1) is 18.2 Å². The van der Waals surface area contributed by atoms with Crippen LogP contribution < -0.4 is 5.32 Å². The van der Waals surface area contributed by atoms with Gasteiger partial charge in [-0.05, 0) is 24.3 Å². The lowest BCUT2D eigenvalue weighted by molar-refractivity contribution is 0.412. The Morgan fingerprint density at radius 3 is 2.67 bits per heavy atom. The molecule has 15 heavy (non-hydrogen) atoms. The van der Waals surface area contributed by atoms with Crippen molar-refractivity contribution < 1.29 is 4.52 Å². The second-order valence-corrected chi connectivity index (χ2v) is 3.03. The van der Waals surface area contributed by atoms with Crippen LogP contribution in [0.5, 0.6) is 0 Å². The Hall–Kier alpha value is -2.28. The number of nitriles is 1. The van der Waals surface area contributed by atoms with Gasteiger partial charge in [0, 0.05) is 11.8 Å². The molecule has 1 aromatic heterocycles. The Labute approximate surface area is 87.1 Å². The summed E-state index contributed by atoms with van der Waals surface area (Å²) in [6, 6.07) is 11.1. The average molecular weight is 199 g/mol. The number of hydrogen-bond acceptors (Lipinski definition) is 4. The molecule has 74 valence electrons. The molecule has 0 saturated heterocycles. The highest BCUT2D eigenvalue weighted by molar-refractivity contribution is 5.47. The highest BCUT2D eigenvalue weighted by atomic mass is 16.5. The van der Waals surface area contributed by atoms with Gasteiger partial charge in [-0.1, -0.05) is 5.16 Å². The molecule has 0 amide bonds. The van der Waals surface area contributed by atoms with Crippen molar-refractivity contribution in [2.45, 2.75) is 6.54 Å². The molecule has 0 bridgehead atoms. The molecule has 4 heteroatoms. The van der Waals surface area contributed by atoms with Crippen LogP contribution in [-0.4, -0.2) is 5.16 Å². The first-order chi connectivity index (χ1) is 7.38. The fourth-order valence-corrected chi connectivity index (χ4v) is 1.18. The number of hydrogen-bond donors (Lipinski definition) is 1. The summed E-state index contributed by atoms with van der Waals surface area (Å²) in [6.45, 7) is 0.613. The minimum Gasteiger partial charge on any atom is -0.379 e. The zero-order valence-corrected chi connectivity index (χ0v) is 7.97. The van der Waals surface area contributed by atoms with Crippen molar-refractivity contribution in [3.8, 4) is 6.07 Å². The minimum absolute atomic E-state index is 0.613. The monoisotopic (exact) mass is 199 g/mol. The SMILES string of the molecule is N#Cc1ccc(NCc2ccon2)cc1. The maximum atomic E-state index is 8.62. The van der Waals surface area contributed by atoms with Crippen molar-refractivity contribution in [3.05, 3.63) is 47.9 Å². The number of anilines is 1. The highest BCUT2D eigenvalue weighted by Crippen LogP contribution is 2.09. The second kappa shape index (κ2) is 4.29. The lowest BCUT2D eigenvalue weighted by atomic mass is 10.2. The molecule has 4 nitrogen and oxygen atoms in total. The number of aromatic nitrogens is 1. The largest absolute Gasteiger partial charge is 0.379 e. The number of rotatable bonds is 3. The van der Waals surface area contributed by atoms with E-state index in [1.165, 1.54) is 6.26 Å². The Morgan fingerprint density at radius 2 is 2.07 bits per heavy atom. The first-order valence-electron chi connectivity index (χ1n) is 4.52. The molecule has 2 aromatic rings. The molecule has 0 fully saturated rings. The van der Waals surface area contributed by atoms with Crippen LogP contribution >= 0.6 is 0 Å². The molecule has 0 aliphatic heterocycles. The van der Waals surface area contributed by atoms with Gasteiger partial charge in [-0.15, -0.1) is 0 Å². The predicted molar refractivity (Wildman–Crippen MR) is 55.0 cm³/mol. The van der Waals surface area contributed by atoms with Crippen LogP contribution in [0.1, 0.15) is 11.3 Å². The van der Waals surface area contributed by atoms with Gasteiger partial charge < -0.3 is 9.84 Å². The highest BCUT2D eigenvalue weighted by Gasteiger charge is 1.96. The van der Waals surface area contributed by atoms with Gasteiger partial charge in [-0.2, -0.15) is 5.26 Å². The van der Waals surface area contributed by atoms with Crippen molar-refractivity contribution in [2.24, 2.45) is 0 Å². The second-order valence-electron chi connectivity index (χ2n) is 3.03. The van der Waals surface area contributed by atoms with Crippen molar-refractivity contribution in [1.82, 2.24) is 5.16 Å². The van der Waals surface area contributed by atoms with Crippen molar-refractivity contribution >= 4 is 5.69 Å². The zero-order valence-electron chi connectivity index (χ0n) is 7.97. The van der Waals surface area contributed by atoms with Crippen LogP contribution in [0.4, 0.5) is 5.69 Å². The van der Waals surface area contributed by atoms with E-state index in [2.05, 4.69) is 16.5 Å². The summed E-state index contributed by atoms with van der Waals surface area (Å²) in [6.07, 6.45) is 1.54. The van der Waals surface area contributed by atoms with E-state index in [1.54, 1.807) is 18.2 Å². The number of nitrogens with zero attached hydrogens (tertiary/aromatic N) is 2. The van der Waals surface area contributed by atoms with E-state index < -0.39 is 0 Å². The van der Waals surface area contributed by atoms with E-state index in [-0.39, 0.29) is 0 Å². The Morgan fingerprint density at radius 1 is 1.27 bits per heavy atom. The molecule has 0 radical (unpaired) electrons. The smallest absolute Gasteiger partial charge is 0.124 e. The summed E-state index contributed by atoms with van der Waals surface area (Å²) in [7, 11) is 0. The predicted octanol–water partition coefficient (Wildman–Crippen LogP) is 2.16. The first kappa shape index (κ1) is 9.28. The molecule has 1 heterocycles. The molecule has 2 rings (SSSR count). The summed E-state index contributed by atoms with van der Waals surface area (Å²) in [5.41, 5.74) is 2.46. The Bertz CT molecular complexity index is 454. The molecule has 0 aliphatic rings. The van der Waals surface area contributed by atoms with Gasteiger partial charge in [0.25, 0.3) is 0 Å². The van der Waals surface area contributed by atoms with Gasteiger partial charge in [0.15, 0.2) is 0 Å². The van der Waals surface area contributed by atoms with Crippen LogP contribution in [0.3, 0.4) is 0 Å². The quantitative estimate of drug-likeness (QED) is 0.822. The fraction of sp³-hybridized carbons (Fsp3) is 0.0909. The van der Waals surface area contributed by atoms with Crippen LogP contribution in [0, 0.1) is 11.3 Å². The van der Waals surface area contributed by atoms with Gasteiger partial charge in [0.2, 0.25) is 0 Å². The van der Waals surface area contributed by atoms with E-state index in [0.29, 0.717) is 12.1 Å². The lowest BCUT2D eigenvalue weighted by Crippen LogP contribution is -1.99. The summed E-state index contributed by atoms with van der Waals surface area (Å²) in [4.78, 5) is 0. The molecular formula is C11H9N3O. The summed E-state index contributed by atoms with van der Waals surface area (Å²) < 4.78 is 4.71. The summed E-state index contributed by atoms with van der Waals surface area (Å²) in [5, 5.41) is 15.6. The third-order valence-electron chi connectivity index (χ3n) is 1.98. The van der Waals surface area contributed by atoms with E-state index in [0.717, 1.165) is 11.4 Å². The van der Waals surface area contributed by atoms with E-state index in [9.17, 15) is 0 Å². The molecule has 0 unspecified atom stereocenters. The van der Waals surface area contributed by atoms with Gasteiger partial charge in [0.1, 0.15) is 12.0 Å². The van der Waals surface area contributed by atoms with Crippen molar-refractivity contribution in [2.75, 3.05) is 5.32 Å². The molecule has 0 saturated carbocycles. The van der Waals surface area contributed by atoms with E-state index in [4.69, 9.17) is 9.78 Å². The van der Waals surface area contributed by atoms with E-state index >= 15 is 0 Å². The normalized spacial score (nSPS) is 9.53. The minimum atomic E-state index is 0.613. The third kappa shape index (κ3) is 2.35. The maximum absolute atomic E-state index is 8.62. The fourth-order valence-electron chi connectivity index (χ4n) is 1.18. The summed E-state index contributed by atoms with van der Waals surface area (Å²) in [5.74, 6) is 0. The van der Waals surface area contributed by atoms with Gasteiger partial charge in [-0.3, -0.25) is 0 Å². The van der Waals surface area contributed by atoms with Gasteiger partial charge in [-0.25, -0.2) is 0 Å². The Balaban J connectivity index is 1.97. The standard InChI is InChI=1S/C11H9N3O/c12-7-9-1-3-10(4-2-9)13-8-11-5-6-15-14-11/h1-6,13H,8H2. The molecule has 0 atom stereocenters. The number of benzene rings is 1. The molecule has 1 N–H and O–H groups in total. The maximum Gasteiger partial charge on any atom is 0.124 e. The van der Waals surface area contributed by atoms with Crippen LogP contribution in [0.2, 0.25) is 0 Å². The first-order valence-corrected chi connectivity index (χ1v) is 4.52. The molecule has 1 aromatic carbocycles. The number of nitrogens with one attached hydrogen (secondary N) is 1. The van der Waals surface area contributed by atoms with Crippen LogP contribution in [0.15, 0.2) is 41.1 Å². The van der Waals surface area contributed by atoms with Gasteiger partial charge >= 0.3 is 0 Å². The van der Waals surface area contributed by atoms with E-state index in [1.807, 2.05) is 12.1 Å². The zero-order chi connectivity index (χ0) is 10.5. The van der Waals surface area contributed by atoms with Crippen LogP contribution in [0.25, 0.3) is 0 Å².